The molecule has 2 fully saturated rings. The van der Waals surface area contributed by atoms with Crippen LogP contribution in [-0.2, 0) is 14.3 Å². The molecule has 116 valence electrons. The number of rotatable bonds is 6. The van der Waals surface area contributed by atoms with E-state index in [0.717, 1.165) is 45.6 Å². The lowest BCUT2D eigenvalue weighted by Gasteiger charge is -2.37. The number of carbonyl (C=O) groups is 1. The molecule has 0 atom stereocenters. The molecule has 6 heteroatoms. The van der Waals surface area contributed by atoms with Crippen molar-refractivity contribution in [2.45, 2.75) is 25.0 Å². The van der Waals surface area contributed by atoms with Crippen LogP contribution in [-0.4, -0.2) is 81.5 Å². The fourth-order valence-electron chi connectivity index (χ4n) is 2.66. The predicted octanol–water partition coefficient (Wildman–Crippen LogP) is -0.107. The van der Waals surface area contributed by atoms with E-state index in [4.69, 9.17) is 9.47 Å². The number of nitrogens with one attached hydrogen (secondary N) is 1. The summed E-state index contributed by atoms with van der Waals surface area (Å²) in [6, 6.07) is 0. The number of likely N-dealkylation sites (N-methyl/N-ethyl adjacent to an activating group) is 1. The highest BCUT2D eigenvalue weighted by Gasteiger charge is 2.40. The third kappa shape index (κ3) is 4.41. The van der Waals surface area contributed by atoms with Gasteiger partial charge >= 0.3 is 0 Å². The van der Waals surface area contributed by atoms with Gasteiger partial charge in [0.25, 0.3) is 0 Å². The van der Waals surface area contributed by atoms with Gasteiger partial charge in [-0.25, -0.2) is 0 Å². The second-order valence-electron chi connectivity index (χ2n) is 5.79. The first-order valence-electron chi connectivity index (χ1n) is 7.52. The fourth-order valence-corrected chi connectivity index (χ4v) is 2.66. The molecule has 0 unspecified atom stereocenters. The van der Waals surface area contributed by atoms with Crippen molar-refractivity contribution in [1.29, 1.82) is 0 Å². The normalized spacial score (nSPS) is 21.9. The fraction of sp³-hybridized carbons (Fsp3) is 0.929. The summed E-state index contributed by atoms with van der Waals surface area (Å²) in [7, 11) is 4.09. The molecule has 1 spiro atoms. The first-order valence-corrected chi connectivity index (χ1v) is 7.52. The van der Waals surface area contributed by atoms with Gasteiger partial charge in [0, 0.05) is 52.0 Å². The Balaban J connectivity index is 1.60. The summed E-state index contributed by atoms with van der Waals surface area (Å²) in [5.74, 6) is -0.156. The minimum atomic E-state index is -0.388. The van der Waals surface area contributed by atoms with Crippen molar-refractivity contribution in [2.24, 2.45) is 0 Å². The molecule has 0 aromatic heterocycles. The Hall–Kier alpha value is -0.690. The second-order valence-corrected chi connectivity index (χ2v) is 5.79. The summed E-state index contributed by atoms with van der Waals surface area (Å²) in [6.07, 6.45) is 2.17. The number of hydrogen-bond donors (Lipinski definition) is 1. The molecule has 2 rings (SSSR count). The Kier molecular flexibility index (Phi) is 5.77. The highest BCUT2D eigenvalue weighted by atomic mass is 16.7. The topological polar surface area (TPSA) is 54.0 Å². The van der Waals surface area contributed by atoms with Crippen LogP contribution in [0.4, 0.5) is 0 Å². The maximum absolute atomic E-state index is 12.1. The van der Waals surface area contributed by atoms with Crippen LogP contribution >= 0.6 is 0 Å². The van der Waals surface area contributed by atoms with Crippen molar-refractivity contribution in [3.05, 3.63) is 0 Å². The molecule has 1 N–H and O–H groups in total. The predicted molar refractivity (Wildman–Crippen MR) is 76.5 cm³/mol. The number of piperidine rings is 1. The lowest BCUT2D eigenvalue weighted by Crippen LogP contribution is -2.47. The number of carbonyl (C=O) groups excluding carboxylic acids is 1. The summed E-state index contributed by atoms with van der Waals surface area (Å²) >= 11 is 0. The molecular weight excluding hydrogens is 258 g/mol. The van der Waals surface area contributed by atoms with Crippen LogP contribution in [0.5, 0.6) is 0 Å². The quantitative estimate of drug-likeness (QED) is 0.690. The first kappa shape index (κ1) is 15.7. The Morgan fingerprint density at radius 2 is 1.85 bits per heavy atom. The molecule has 2 heterocycles. The minimum absolute atomic E-state index is 0.232. The Labute approximate surface area is 121 Å². The van der Waals surface area contributed by atoms with Crippen LogP contribution in [0.1, 0.15) is 19.3 Å². The minimum Gasteiger partial charge on any atom is -0.347 e. The third-order valence-electron chi connectivity index (χ3n) is 3.94. The van der Waals surface area contributed by atoms with E-state index in [9.17, 15) is 4.79 Å². The number of likely N-dealkylation sites (tertiary alicyclic amines) is 1. The number of ether oxygens (including phenoxy) is 2. The maximum atomic E-state index is 12.1. The van der Waals surface area contributed by atoms with Crippen molar-refractivity contribution >= 4 is 5.91 Å². The monoisotopic (exact) mass is 285 g/mol. The van der Waals surface area contributed by atoms with E-state index in [1.165, 1.54) is 0 Å². The molecule has 2 aliphatic rings. The molecule has 2 aliphatic heterocycles. The standard InChI is InChI=1S/C14H27N3O3/c1-16(2)10-7-15-6-3-13(18)17-8-4-14(5-9-17)19-11-12-20-14/h15H,3-12H2,1-2H3. The van der Waals surface area contributed by atoms with Crippen molar-refractivity contribution in [2.75, 3.05) is 60.0 Å². The number of amides is 1. The van der Waals surface area contributed by atoms with E-state index in [-0.39, 0.29) is 11.7 Å². The number of nitrogens with zero attached hydrogens (tertiary/aromatic N) is 2. The van der Waals surface area contributed by atoms with Gasteiger partial charge in [0.2, 0.25) is 5.91 Å². The van der Waals surface area contributed by atoms with E-state index in [0.29, 0.717) is 19.6 Å². The van der Waals surface area contributed by atoms with Crippen LogP contribution in [0.3, 0.4) is 0 Å². The molecule has 20 heavy (non-hydrogen) atoms. The zero-order valence-corrected chi connectivity index (χ0v) is 12.7. The van der Waals surface area contributed by atoms with Crippen molar-refractivity contribution in [1.82, 2.24) is 15.1 Å². The van der Waals surface area contributed by atoms with E-state index in [1.54, 1.807) is 0 Å². The molecule has 0 aliphatic carbocycles. The van der Waals surface area contributed by atoms with Gasteiger partial charge in [0.1, 0.15) is 0 Å². The molecule has 0 aromatic carbocycles. The van der Waals surface area contributed by atoms with E-state index < -0.39 is 0 Å². The molecule has 1 amide bonds. The first-order chi connectivity index (χ1) is 9.61. The average molecular weight is 285 g/mol. The summed E-state index contributed by atoms with van der Waals surface area (Å²) in [5.41, 5.74) is 0. The van der Waals surface area contributed by atoms with Crippen molar-refractivity contribution in [3.8, 4) is 0 Å². The van der Waals surface area contributed by atoms with Crippen molar-refractivity contribution in [3.63, 3.8) is 0 Å². The molecule has 0 radical (unpaired) electrons. The smallest absolute Gasteiger partial charge is 0.223 e. The van der Waals surface area contributed by atoms with Gasteiger partial charge in [0.15, 0.2) is 5.79 Å². The molecule has 0 aromatic rings. The Bertz CT molecular complexity index is 307. The Morgan fingerprint density at radius 3 is 2.45 bits per heavy atom. The largest absolute Gasteiger partial charge is 0.347 e. The van der Waals surface area contributed by atoms with Gasteiger partial charge in [-0.05, 0) is 14.1 Å². The van der Waals surface area contributed by atoms with Gasteiger partial charge in [-0.2, -0.15) is 0 Å². The zero-order chi connectivity index (χ0) is 14.4. The van der Waals surface area contributed by atoms with Crippen LogP contribution in [0.2, 0.25) is 0 Å². The Morgan fingerprint density at radius 1 is 1.20 bits per heavy atom. The lowest BCUT2D eigenvalue weighted by atomic mass is 10.0. The van der Waals surface area contributed by atoms with Gasteiger partial charge in [-0.15, -0.1) is 0 Å². The SMILES string of the molecule is CN(C)CCNCCC(=O)N1CCC2(CC1)OCCO2. The van der Waals surface area contributed by atoms with Crippen LogP contribution in [0.25, 0.3) is 0 Å². The zero-order valence-electron chi connectivity index (χ0n) is 12.7. The third-order valence-corrected chi connectivity index (χ3v) is 3.94. The summed E-state index contributed by atoms with van der Waals surface area (Å²) < 4.78 is 11.3. The van der Waals surface area contributed by atoms with Crippen LogP contribution in [0, 0.1) is 0 Å². The van der Waals surface area contributed by atoms with E-state index in [2.05, 4.69) is 10.2 Å². The van der Waals surface area contributed by atoms with E-state index in [1.807, 2.05) is 19.0 Å². The molecule has 6 nitrogen and oxygen atoms in total. The van der Waals surface area contributed by atoms with Crippen LogP contribution < -0.4 is 5.32 Å². The second kappa shape index (κ2) is 7.36. The van der Waals surface area contributed by atoms with Gasteiger partial charge in [-0.1, -0.05) is 0 Å². The van der Waals surface area contributed by atoms with Crippen LogP contribution in [0.15, 0.2) is 0 Å². The summed E-state index contributed by atoms with van der Waals surface area (Å²) in [4.78, 5) is 16.2. The highest BCUT2D eigenvalue weighted by molar-refractivity contribution is 5.76. The molecule has 0 bridgehead atoms. The summed E-state index contributed by atoms with van der Waals surface area (Å²) in [6.45, 7) is 5.53. The van der Waals surface area contributed by atoms with E-state index >= 15 is 0 Å². The lowest BCUT2D eigenvalue weighted by molar-refractivity contribution is -0.187. The highest BCUT2D eigenvalue weighted by Crippen LogP contribution is 2.31. The van der Waals surface area contributed by atoms with Gasteiger partial charge in [-0.3, -0.25) is 4.79 Å². The average Bonchev–Trinajstić information content (AvgIpc) is 2.87. The van der Waals surface area contributed by atoms with Gasteiger partial charge < -0.3 is 24.6 Å². The van der Waals surface area contributed by atoms with Gasteiger partial charge in [0.05, 0.1) is 13.2 Å². The maximum Gasteiger partial charge on any atom is 0.223 e. The molecule has 0 saturated carbocycles. The van der Waals surface area contributed by atoms with Crippen molar-refractivity contribution < 1.29 is 14.3 Å². The summed E-state index contributed by atoms with van der Waals surface area (Å²) in [5, 5.41) is 3.30. The molecule has 2 saturated heterocycles. The number of hydrogen-bond acceptors (Lipinski definition) is 5. The molecular formula is C14H27N3O3.